The van der Waals surface area contributed by atoms with Crippen molar-refractivity contribution in [2.75, 3.05) is 24.6 Å². The van der Waals surface area contributed by atoms with Crippen LogP contribution in [0, 0.1) is 18.3 Å². The van der Waals surface area contributed by atoms with E-state index in [9.17, 15) is 0 Å². The van der Waals surface area contributed by atoms with Crippen molar-refractivity contribution >= 4 is 18.0 Å². The largest absolute Gasteiger partial charge is 0.377 e. The van der Waals surface area contributed by atoms with E-state index in [1.807, 2.05) is 50.3 Å². The van der Waals surface area contributed by atoms with Crippen molar-refractivity contribution < 1.29 is 4.74 Å². The molecule has 128 valence electrons. The van der Waals surface area contributed by atoms with E-state index in [0.29, 0.717) is 11.4 Å². The second-order valence-corrected chi connectivity index (χ2v) is 6.11. The van der Waals surface area contributed by atoms with E-state index in [4.69, 9.17) is 10.00 Å². The number of aryl methyl sites for hydroxylation is 1. The summed E-state index contributed by atoms with van der Waals surface area (Å²) in [5.74, 6) is 1.62. The van der Waals surface area contributed by atoms with Gasteiger partial charge in [-0.05, 0) is 44.0 Å². The number of hydrogen-bond acceptors (Lipinski definition) is 5. The van der Waals surface area contributed by atoms with Gasteiger partial charge in [-0.15, -0.1) is 0 Å². The number of nitrogens with zero attached hydrogens (tertiary/aromatic N) is 4. The first-order chi connectivity index (χ1) is 12.2. The Balaban J connectivity index is 1.78. The van der Waals surface area contributed by atoms with Crippen molar-refractivity contribution in [3.05, 3.63) is 53.0 Å². The fourth-order valence-corrected chi connectivity index (χ4v) is 3.00. The Morgan fingerprint density at radius 1 is 1.32 bits per heavy atom. The van der Waals surface area contributed by atoms with Gasteiger partial charge in [-0.1, -0.05) is 18.2 Å². The van der Waals surface area contributed by atoms with Crippen LogP contribution in [-0.2, 0) is 4.74 Å². The van der Waals surface area contributed by atoms with Crippen LogP contribution in [0.15, 0.2) is 30.3 Å². The van der Waals surface area contributed by atoms with Crippen LogP contribution < -0.4 is 4.90 Å². The number of anilines is 1. The highest BCUT2D eigenvalue weighted by atomic mass is 16.5. The van der Waals surface area contributed by atoms with Crippen LogP contribution in [0.3, 0.4) is 0 Å². The second-order valence-electron chi connectivity index (χ2n) is 6.11. The fraction of sp³-hybridized carbons (Fsp3) is 0.350. The second kappa shape index (κ2) is 7.91. The molecule has 2 aromatic rings. The molecule has 1 aliphatic heterocycles. The summed E-state index contributed by atoms with van der Waals surface area (Å²) < 4.78 is 5.72. The van der Waals surface area contributed by atoms with E-state index >= 15 is 0 Å². The normalized spacial score (nSPS) is 17.2. The first-order valence-corrected chi connectivity index (χ1v) is 8.58. The standard InChI is InChI=1S/C20H22N4O/c1-3-25-18-9-10-24(14-18)20-11-15(2)22-19(23-20)8-7-16-5-4-6-17(12-16)13-21/h4-8,11-12,18H,3,9-10,14H2,1-2H3. The molecule has 0 aliphatic carbocycles. The van der Waals surface area contributed by atoms with E-state index in [-0.39, 0.29) is 6.10 Å². The van der Waals surface area contributed by atoms with Crippen LogP contribution in [0.2, 0.25) is 0 Å². The molecule has 1 atom stereocenters. The van der Waals surface area contributed by atoms with Crippen molar-refractivity contribution in [3.63, 3.8) is 0 Å². The third kappa shape index (κ3) is 4.43. The quantitative estimate of drug-likeness (QED) is 0.838. The number of ether oxygens (including phenoxy) is 1. The topological polar surface area (TPSA) is 62.0 Å². The van der Waals surface area contributed by atoms with Crippen LogP contribution in [0.4, 0.5) is 5.82 Å². The van der Waals surface area contributed by atoms with Gasteiger partial charge in [0.05, 0.1) is 17.7 Å². The lowest BCUT2D eigenvalue weighted by atomic mass is 10.1. The van der Waals surface area contributed by atoms with E-state index in [0.717, 1.165) is 43.2 Å². The molecule has 3 rings (SSSR count). The molecule has 0 spiro atoms. The lowest BCUT2D eigenvalue weighted by Crippen LogP contribution is -2.24. The van der Waals surface area contributed by atoms with Crippen LogP contribution in [-0.4, -0.2) is 35.8 Å². The maximum Gasteiger partial charge on any atom is 0.154 e. The molecule has 1 saturated heterocycles. The molecule has 0 saturated carbocycles. The van der Waals surface area contributed by atoms with Crippen molar-refractivity contribution in [2.24, 2.45) is 0 Å². The Morgan fingerprint density at radius 2 is 2.20 bits per heavy atom. The first kappa shape index (κ1) is 17.1. The maximum atomic E-state index is 8.99. The minimum Gasteiger partial charge on any atom is -0.377 e. The summed E-state index contributed by atoms with van der Waals surface area (Å²) in [7, 11) is 0. The Hall–Kier alpha value is -2.71. The molecule has 25 heavy (non-hydrogen) atoms. The minimum absolute atomic E-state index is 0.285. The predicted molar refractivity (Wildman–Crippen MR) is 99.1 cm³/mol. The van der Waals surface area contributed by atoms with Gasteiger partial charge in [0.1, 0.15) is 5.82 Å². The highest BCUT2D eigenvalue weighted by molar-refractivity contribution is 5.68. The molecular formula is C20H22N4O. The van der Waals surface area contributed by atoms with Gasteiger partial charge in [0.2, 0.25) is 0 Å². The summed E-state index contributed by atoms with van der Waals surface area (Å²) in [6.07, 6.45) is 5.14. The Bertz CT molecular complexity index is 810. The fourth-order valence-electron chi connectivity index (χ4n) is 3.00. The summed E-state index contributed by atoms with van der Waals surface area (Å²) in [5.41, 5.74) is 2.55. The Kier molecular flexibility index (Phi) is 5.42. The first-order valence-electron chi connectivity index (χ1n) is 8.58. The number of benzene rings is 1. The average Bonchev–Trinajstić information content (AvgIpc) is 3.09. The highest BCUT2D eigenvalue weighted by Crippen LogP contribution is 2.21. The Morgan fingerprint density at radius 3 is 3.00 bits per heavy atom. The van der Waals surface area contributed by atoms with Crippen LogP contribution in [0.25, 0.3) is 12.2 Å². The zero-order valence-electron chi connectivity index (χ0n) is 14.6. The minimum atomic E-state index is 0.285. The summed E-state index contributed by atoms with van der Waals surface area (Å²) in [4.78, 5) is 11.4. The van der Waals surface area contributed by atoms with E-state index in [2.05, 4.69) is 20.9 Å². The van der Waals surface area contributed by atoms with Gasteiger partial charge in [0, 0.05) is 31.5 Å². The third-order valence-corrected chi connectivity index (χ3v) is 4.17. The van der Waals surface area contributed by atoms with Gasteiger partial charge in [0.25, 0.3) is 0 Å². The highest BCUT2D eigenvalue weighted by Gasteiger charge is 2.24. The number of aromatic nitrogens is 2. The van der Waals surface area contributed by atoms with Gasteiger partial charge in [-0.25, -0.2) is 9.97 Å². The van der Waals surface area contributed by atoms with Crippen molar-refractivity contribution in [3.8, 4) is 6.07 Å². The SMILES string of the molecule is CCOC1CCN(c2cc(C)nc(C=Cc3cccc(C#N)c3)n2)C1. The molecule has 1 unspecified atom stereocenters. The van der Waals surface area contributed by atoms with E-state index < -0.39 is 0 Å². The molecule has 0 bridgehead atoms. The molecule has 1 aromatic carbocycles. The van der Waals surface area contributed by atoms with Gasteiger partial charge in [-0.3, -0.25) is 0 Å². The van der Waals surface area contributed by atoms with Crippen molar-refractivity contribution in [2.45, 2.75) is 26.4 Å². The smallest absolute Gasteiger partial charge is 0.154 e. The average molecular weight is 334 g/mol. The van der Waals surface area contributed by atoms with Gasteiger partial charge in [0.15, 0.2) is 5.82 Å². The maximum absolute atomic E-state index is 8.99. The summed E-state index contributed by atoms with van der Waals surface area (Å²) in [6, 6.07) is 11.6. The van der Waals surface area contributed by atoms with Crippen LogP contribution in [0.5, 0.6) is 0 Å². The third-order valence-electron chi connectivity index (χ3n) is 4.17. The van der Waals surface area contributed by atoms with Gasteiger partial charge < -0.3 is 9.64 Å². The van der Waals surface area contributed by atoms with Crippen LogP contribution in [0.1, 0.15) is 36.0 Å². The monoisotopic (exact) mass is 334 g/mol. The zero-order chi connectivity index (χ0) is 17.6. The number of nitriles is 1. The molecule has 5 heteroatoms. The Labute approximate surface area is 148 Å². The summed E-state index contributed by atoms with van der Waals surface area (Å²) in [6.45, 7) is 6.58. The van der Waals surface area contributed by atoms with E-state index in [1.54, 1.807) is 6.07 Å². The lowest BCUT2D eigenvalue weighted by molar-refractivity contribution is 0.0787. The number of rotatable bonds is 5. The molecule has 1 aliphatic rings. The summed E-state index contributed by atoms with van der Waals surface area (Å²) >= 11 is 0. The van der Waals surface area contributed by atoms with E-state index in [1.165, 1.54) is 0 Å². The summed E-state index contributed by atoms with van der Waals surface area (Å²) in [5, 5.41) is 8.99. The number of hydrogen-bond donors (Lipinski definition) is 0. The molecule has 5 nitrogen and oxygen atoms in total. The molecule has 0 N–H and O–H groups in total. The van der Waals surface area contributed by atoms with Gasteiger partial charge in [-0.2, -0.15) is 5.26 Å². The van der Waals surface area contributed by atoms with Crippen molar-refractivity contribution in [1.82, 2.24) is 9.97 Å². The van der Waals surface area contributed by atoms with Gasteiger partial charge >= 0.3 is 0 Å². The predicted octanol–water partition coefficient (Wildman–Crippen LogP) is 3.44. The molecule has 1 fully saturated rings. The molecular weight excluding hydrogens is 312 g/mol. The molecule has 0 radical (unpaired) electrons. The molecule has 2 heterocycles. The van der Waals surface area contributed by atoms with Crippen LogP contribution >= 0.6 is 0 Å². The zero-order valence-corrected chi connectivity index (χ0v) is 14.6. The lowest BCUT2D eigenvalue weighted by Gasteiger charge is -2.18. The van der Waals surface area contributed by atoms with Crippen molar-refractivity contribution in [1.29, 1.82) is 5.26 Å². The molecule has 1 aromatic heterocycles. The molecule has 0 amide bonds.